The number of benzene rings is 7. The Kier molecular flexibility index (Phi) is 9.23. The molecule has 8 rings (SSSR count). The number of hydrogen-bond donors (Lipinski definition) is 0. The van der Waals surface area contributed by atoms with Crippen molar-refractivity contribution < 1.29 is 0 Å². The molecular weight excluding hydrogens is 639 g/mol. The Bertz CT molecular complexity index is 2440. The normalized spacial score (nSPS) is 13.7. The first-order chi connectivity index (χ1) is 26.1. The minimum absolute atomic E-state index is 0.394. The van der Waals surface area contributed by atoms with Gasteiger partial charge in [0.15, 0.2) is 0 Å². The highest BCUT2D eigenvalue weighted by atomic mass is 14.8. The number of rotatable bonds is 9. The number of allylic oxidation sites excluding steroid dienone is 4. The molecule has 0 amide bonds. The number of nitrogens with zero attached hydrogens (tertiary/aromatic N) is 1. The Balaban J connectivity index is 1.12. The molecule has 1 nitrogen and oxygen atoms in total. The largest absolute Gasteiger partial charge is 0.252 e. The van der Waals surface area contributed by atoms with Crippen LogP contribution < -0.4 is 0 Å². The Hall–Kier alpha value is -6.57. The van der Waals surface area contributed by atoms with Crippen LogP contribution >= 0.6 is 0 Å². The smallest absolute Gasteiger partial charge is 0.0713 e. The molecule has 254 valence electrons. The Morgan fingerprint density at radius 1 is 0.491 bits per heavy atom. The fourth-order valence-electron chi connectivity index (χ4n) is 7.96. The van der Waals surface area contributed by atoms with Crippen LogP contribution in [0, 0.1) is 0 Å². The fourth-order valence-corrected chi connectivity index (χ4v) is 7.96. The molecular formula is C52H41N. The van der Waals surface area contributed by atoms with Gasteiger partial charge in [-0.3, -0.25) is 4.99 Å². The predicted octanol–water partition coefficient (Wildman–Crippen LogP) is 13.2. The van der Waals surface area contributed by atoms with Gasteiger partial charge < -0.3 is 0 Å². The first-order valence-corrected chi connectivity index (χ1v) is 18.3. The lowest BCUT2D eigenvalue weighted by atomic mass is 9.67. The number of fused-ring (bicyclic) bond motifs is 3. The first-order valence-electron chi connectivity index (χ1n) is 18.3. The van der Waals surface area contributed by atoms with E-state index in [2.05, 4.69) is 209 Å². The van der Waals surface area contributed by atoms with E-state index in [0.717, 1.165) is 39.2 Å². The van der Waals surface area contributed by atoms with Gasteiger partial charge in [-0.05, 0) is 86.7 Å². The highest BCUT2D eigenvalue weighted by molar-refractivity contribution is 6.02. The van der Waals surface area contributed by atoms with E-state index < -0.39 is 5.41 Å². The molecule has 1 aliphatic carbocycles. The van der Waals surface area contributed by atoms with Crippen LogP contribution in [0.5, 0.6) is 0 Å². The number of hydrogen-bond acceptors (Lipinski definition) is 1. The zero-order valence-electron chi connectivity index (χ0n) is 30.2. The van der Waals surface area contributed by atoms with Crippen molar-refractivity contribution in [3.05, 3.63) is 251 Å². The van der Waals surface area contributed by atoms with Crippen LogP contribution in [0.15, 0.2) is 217 Å². The lowest BCUT2D eigenvalue weighted by Gasteiger charge is -2.34. The van der Waals surface area contributed by atoms with Crippen LogP contribution in [0.2, 0.25) is 0 Å². The van der Waals surface area contributed by atoms with E-state index in [9.17, 15) is 0 Å². The molecule has 0 aromatic heterocycles. The monoisotopic (exact) mass is 679 g/mol. The topological polar surface area (TPSA) is 12.4 Å². The summed E-state index contributed by atoms with van der Waals surface area (Å²) in [6.07, 6.45) is 4.21. The summed E-state index contributed by atoms with van der Waals surface area (Å²) in [5, 5.41) is 0. The van der Waals surface area contributed by atoms with E-state index in [1.54, 1.807) is 0 Å². The van der Waals surface area contributed by atoms with Gasteiger partial charge in [-0.1, -0.05) is 201 Å². The van der Waals surface area contributed by atoms with Gasteiger partial charge in [0.2, 0.25) is 0 Å². The van der Waals surface area contributed by atoms with Crippen molar-refractivity contribution in [2.75, 3.05) is 0 Å². The second-order valence-electron chi connectivity index (χ2n) is 13.5. The van der Waals surface area contributed by atoms with Crippen LogP contribution in [-0.2, 0) is 5.41 Å². The lowest BCUT2D eigenvalue weighted by molar-refractivity contribution is 0.768. The summed E-state index contributed by atoms with van der Waals surface area (Å²) in [6, 6.07) is 67.4. The number of aliphatic imine (C=N–C) groups is 1. The minimum atomic E-state index is -0.394. The third-order valence-electron chi connectivity index (χ3n) is 10.5. The Labute approximate surface area is 313 Å². The molecule has 7 aromatic carbocycles. The van der Waals surface area contributed by atoms with Gasteiger partial charge in [0, 0.05) is 11.3 Å². The summed E-state index contributed by atoms with van der Waals surface area (Å²) in [5.41, 5.74) is 16.9. The van der Waals surface area contributed by atoms with E-state index in [-0.39, 0.29) is 0 Å². The van der Waals surface area contributed by atoms with Crippen molar-refractivity contribution in [3.8, 4) is 22.3 Å². The second-order valence-corrected chi connectivity index (χ2v) is 13.5. The van der Waals surface area contributed by atoms with E-state index in [1.807, 2.05) is 12.1 Å². The third-order valence-corrected chi connectivity index (χ3v) is 10.5. The lowest BCUT2D eigenvalue weighted by Crippen LogP contribution is -2.28. The second kappa shape index (κ2) is 14.6. The molecule has 0 bridgehead atoms. The van der Waals surface area contributed by atoms with E-state index >= 15 is 0 Å². The van der Waals surface area contributed by atoms with Gasteiger partial charge in [-0.15, -0.1) is 0 Å². The quantitative estimate of drug-likeness (QED) is 0.106. The van der Waals surface area contributed by atoms with E-state index in [4.69, 9.17) is 4.99 Å². The highest BCUT2D eigenvalue weighted by Crippen LogP contribution is 2.56. The van der Waals surface area contributed by atoms with Crippen LogP contribution in [-0.4, -0.2) is 5.71 Å². The summed E-state index contributed by atoms with van der Waals surface area (Å²) in [4.78, 5) is 5.19. The van der Waals surface area contributed by atoms with Crippen molar-refractivity contribution in [1.29, 1.82) is 0 Å². The van der Waals surface area contributed by atoms with Crippen molar-refractivity contribution >= 4 is 17.0 Å². The molecule has 53 heavy (non-hydrogen) atoms. The summed E-state index contributed by atoms with van der Waals surface area (Å²) in [6.45, 7) is 8.59. The fraction of sp³-hybridized carbons (Fsp3) is 0.0577. The maximum absolute atomic E-state index is 5.19. The molecule has 0 saturated heterocycles. The van der Waals surface area contributed by atoms with Gasteiger partial charge in [0.1, 0.15) is 0 Å². The van der Waals surface area contributed by atoms with E-state index in [0.29, 0.717) is 0 Å². The van der Waals surface area contributed by atoms with Crippen LogP contribution in [0.25, 0.3) is 33.5 Å². The summed E-state index contributed by atoms with van der Waals surface area (Å²) >= 11 is 0. The zero-order valence-corrected chi connectivity index (χ0v) is 30.2. The van der Waals surface area contributed by atoms with Crippen LogP contribution in [0.4, 0.5) is 0 Å². The molecule has 0 heterocycles. The van der Waals surface area contributed by atoms with E-state index in [1.165, 1.54) is 44.5 Å². The van der Waals surface area contributed by atoms with Crippen LogP contribution in [0.3, 0.4) is 0 Å². The summed E-state index contributed by atoms with van der Waals surface area (Å²) in [5.74, 6) is 0. The predicted molar refractivity (Wildman–Crippen MR) is 225 cm³/mol. The molecule has 0 radical (unpaired) electrons. The Morgan fingerprint density at radius 2 is 0.943 bits per heavy atom. The van der Waals surface area contributed by atoms with Gasteiger partial charge in [-0.2, -0.15) is 0 Å². The molecule has 0 saturated carbocycles. The van der Waals surface area contributed by atoms with Crippen molar-refractivity contribution in [1.82, 2.24) is 0 Å². The molecule has 1 heteroatoms. The molecule has 0 aliphatic heterocycles. The maximum atomic E-state index is 5.19. The van der Waals surface area contributed by atoms with Gasteiger partial charge >= 0.3 is 0 Å². The first kappa shape index (κ1) is 33.6. The highest BCUT2D eigenvalue weighted by Gasteiger charge is 2.45. The maximum Gasteiger partial charge on any atom is 0.0713 e. The Morgan fingerprint density at radius 3 is 1.49 bits per heavy atom. The van der Waals surface area contributed by atoms with Crippen molar-refractivity contribution in [2.45, 2.75) is 19.3 Å². The molecule has 1 aliphatic rings. The molecule has 0 atom stereocenters. The SMILES string of the molecule is C=C(/C=C(/N=C(C)c1ccc(-c2ccc(C3(c4ccccc4)c4ccccc4-c4ccccc43)cc2)cc1)c1ccccc1)/C(=C\C)c1ccccc1. The zero-order chi connectivity index (χ0) is 36.2. The standard InChI is InChI=1S/C52H41N/c1-4-46(42-18-8-5-9-19-42)37(2)36-51(43-20-10-6-11-21-43)53-38(3)39-28-30-40(31-29-39)41-32-34-45(35-33-41)52(44-22-12-7-13-23-44)49-26-16-14-24-47(49)48-25-15-17-27-50(48)52/h4-36H,2H2,1,3H3/b46-4+,51-36+,53-38?. The van der Waals surface area contributed by atoms with Crippen molar-refractivity contribution in [3.63, 3.8) is 0 Å². The average Bonchev–Trinajstić information content (AvgIpc) is 3.53. The van der Waals surface area contributed by atoms with Crippen molar-refractivity contribution in [2.24, 2.45) is 4.99 Å². The average molecular weight is 680 g/mol. The molecule has 7 aromatic rings. The molecule has 0 N–H and O–H groups in total. The summed E-state index contributed by atoms with van der Waals surface area (Å²) < 4.78 is 0. The minimum Gasteiger partial charge on any atom is -0.252 e. The molecule has 0 unspecified atom stereocenters. The van der Waals surface area contributed by atoms with Gasteiger partial charge in [-0.25, -0.2) is 0 Å². The van der Waals surface area contributed by atoms with Crippen LogP contribution in [0.1, 0.15) is 52.8 Å². The molecule has 0 spiro atoms. The van der Waals surface area contributed by atoms with Gasteiger partial charge in [0.05, 0.1) is 11.1 Å². The third kappa shape index (κ3) is 6.21. The summed E-state index contributed by atoms with van der Waals surface area (Å²) in [7, 11) is 0. The molecule has 0 fully saturated rings. The van der Waals surface area contributed by atoms with Gasteiger partial charge in [0.25, 0.3) is 0 Å².